The third-order valence-electron chi connectivity index (χ3n) is 4.48. The van der Waals surface area contributed by atoms with E-state index in [9.17, 15) is 10.1 Å². The zero-order valence-electron chi connectivity index (χ0n) is 14.0. The molecule has 0 bridgehead atoms. The van der Waals surface area contributed by atoms with Crippen LogP contribution in [0.5, 0.6) is 0 Å². The lowest BCUT2D eigenvalue weighted by Gasteiger charge is -2.35. The number of benzene rings is 1. The molecule has 1 aromatic carbocycles. The summed E-state index contributed by atoms with van der Waals surface area (Å²) in [6, 6.07) is 7.34. The molecule has 7 nitrogen and oxygen atoms in total. The van der Waals surface area contributed by atoms with Gasteiger partial charge in [-0.3, -0.25) is 10.1 Å². The average molecular weight is 362 g/mol. The van der Waals surface area contributed by atoms with Crippen molar-refractivity contribution in [2.75, 3.05) is 16.8 Å². The topological polar surface area (TPSA) is 84.2 Å². The van der Waals surface area contributed by atoms with Gasteiger partial charge in [-0.05, 0) is 37.8 Å². The van der Waals surface area contributed by atoms with E-state index in [1.807, 2.05) is 4.90 Å². The Morgan fingerprint density at radius 1 is 1.36 bits per heavy atom. The number of nitrogens with zero attached hydrogens (tertiary/aromatic N) is 4. The zero-order chi connectivity index (χ0) is 17.8. The molecule has 1 atom stereocenters. The van der Waals surface area contributed by atoms with Gasteiger partial charge in [-0.15, -0.1) is 0 Å². The molecular formula is C17H20ClN5O2. The monoisotopic (exact) mass is 361 g/mol. The summed E-state index contributed by atoms with van der Waals surface area (Å²) < 4.78 is 0. The summed E-state index contributed by atoms with van der Waals surface area (Å²) in [5, 5.41) is 15.2. The van der Waals surface area contributed by atoms with Gasteiger partial charge in [0.2, 0.25) is 11.6 Å². The molecule has 1 N–H and O–H groups in total. The first-order valence-corrected chi connectivity index (χ1v) is 8.77. The Bertz CT molecular complexity index is 770. The molecular weight excluding hydrogens is 342 g/mol. The highest BCUT2D eigenvalue weighted by Crippen LogP contribution is 2.37. The molecule has 1 aromatic heterocycles. The summed E-state index contributed by atoms with van der Waals surface area (Å²) in [6.07, 6.45) is 5.45. The number of hydrogen-bond acceptors (Lipinski definition) is 6. The van der Waals surface area contributed by atoms with Gasteiger partial charge in [-0.2, -0.15) is 0 Å². The summed E-state index contributed by atoms with van der Waals surface area (Å²) in [4.78, 5) is 21.7. The molecule has 8 heteroatoms. The maximum absolute atomic E-state index is 11.8. The maximum atomic E-state index is 11.8. The van der Waals surface area contributed by atoms with Crippen LogP contribution in [0.25, 0.3) is 0 Å². The normalized spacial score (nSPS) is 17.4. The van der Waals surface area contributed by atoms with Gasteiger partial charge in [0.05, 0.1) is 15.6 Å². The summed E-state index contributed by atoms with van der Waals surface area (Å²) in [5.41, 5.74) is 0.463. The van der Waals surface area contributed by atoms with Crippen molar-refractivity contribution in [2.24, 2.45) is 0 Å². The van der Waals surface area contributed by atoms with Gasteiger partial charge in [0.1, 0.15) is 6.33 Å². The van der Waals surface area contributed by atoms with Gasteiger partial charge in [-0.25, -0.2) is 9.97 Å². The summed E-state index contributed by atoms with van der Waals surface area (Å²) in [7, 11) is 0. The zero-order valence-corrected chi connectivity index (χ0v) is 14.7. The van der Waals surface area contributed by atoms with Crippen LogP contribution in [0.4, 0.5) is 23.0 Å². The van der Waals surface area contributed by atoms with E-state index in [-0.39, 0.29) is 17.5 Å². The van der Waals surface area contributed by atoms with Crippen molar-refractivity contribution < 1.29 is 4.92 Å². The number of aromatic nitrogens is 2. The van der Waals surface area contributed by atoms with Crippen LogP contribution in [0.3, 0.4) is 0 Å². The average Bonchev–Trinajstić information content (AvgIpc) is 2.63. The molecule has 1 aliphatic heterocycles. The van der Waals surface area contributed by atoms with E-state index in [0.29, 0.717) is 16.5 Å². The molecule has 1 saturated heterocycles. The van der Waals surface area contributed by atoms with Crippen LogP contribution in [0.15, 0.2) is 30.6 Å². The van der Waals surface area contributed by atoms with Gasteiger partial charge >= 0.3 is 5.69 Å². The quantitative estimate of drug-likeness (QED) is 0.621. The largest absolute Gasteiger partial charge is 0.353 e. The van der Waals surface area contributed by atoms with Crippen molar-refractivity contribution in [2.45, 2.75) is 38.6 Å². The van der Waals surface area contributed by atoms with E-state index in [2.05, 4.69) is 22.2 Å². The number of anilines is 3. The second-order valence-corrected chi connectivity index (χ2v) is 6.41. The minimum absolute atomic E-state index is 0.109. The van der Waals surface area contributed by atoms with Gasteiger partial charge in [0.25, 0.3) is 0 Å². The van der Waals surface area contributed by atoms with Crippen molar-refractivity contribution in [3.05, 3.63) is 45.7 Å². The lowest BCUT2D eigenvalue weighted by molar-refractivity contribution is -0.383. The number of para-hydroxylation sites is 1. The van der Waals surface area contributed by atoms with Gasteiger partial charge < -0.3 is 10.2 Å². The highest BCUT2D eigenvalue weighted by Gasteiger charge is 2.31. The third kappa shape index (κ3) is 3.66. The van der Waals surface area contributed by atoms with Crippen molar-refractivity contribution in [3.8, 4) is 0 Å². The molecule has 1 fully saturated rings. The van der Waals surface area contributed by atoms with E-state index in [1.54, 1.807) is 24.3 Å². The minimum Gasteiger partial charge on any atom is -0.348 e. The summed E-state index contributed by atoms with van der Waals surface area (Å²) in [6.45, 7) is 2.86. The molecule has 2 heterocycles. The Kier molecular flexibility index (Phi) is 5.33. The second kappa shape index (κ2) is 7.65. The Morgan fingerprint density at radius 3 is 2.88 bits per heavy atom. The number of hydrogen-bond donors (Lipinski definition) is 1. The lowest BCUT2D eigenvalue weighted by Crippen LogP contribution is -2.40. The SMILES string of the molecule is CCC1CCCCN1c1ncnc(Nc2ccccc2Cl)c1[N+](=O)[O-]. The van der Waals surface area contributed by atoms with E-state index >= 15 is 0 Å². The highest BCUT2D eigenvalue weighted by atomic mass is 35.5. The first kappa shape index (κ1) is 17.4. The van der Waals surface area contributed by atoms with Crippen LogP contribution >= 0.6 is 11.6 Å². The fraction of sp³-hybridized carbons (Fsp3) is 0.412. The molecule has 1 aliphatic rings. The number of piperidine rings is 1. The first-order chi connectivity index (χ1) is 12.1. The highest BCUT2D eigenvalue weighted by molar-refractivity contribution is 6.33. The van der Waals surface area contributed by atoms with Gasteiger partial charge in [0, 0.05) is 12.6 Å². The minimum atomic E-state index is -0.421. The van der Waals surface area contributed by atoms with E-state index < -0.39 is 4.92 Å². The van der Waals surface area contributed by atoms with Crippen LogP contribution in [0.1, 0.15) is 32.6 Å². The number of nitrogens with one attached hydrogen (secondary N) is 1. The molecule has 25 heavy (non-hydrogen) atoms. The van der Waals surface area contributed by atoms with E-state index in [1.165, 1.54) is 6.33 Å². The van der Waals surface area contributed by atoms with Crippen LogP contribution in [0, 0.1) is 10.1 Å². The van der Waals surface area contributed by atoms with E-state index in [0.717, 1.165) is 32.2 Å². The Balaban J connectivity index is 2.02. The molecule has 0 spiro atoms. The van der Waals surface area contributed by atoms with Gasteiger partial charge in [-0.1, -0.05) is 30.7 Å². The maximum Gasteiger partial charge on any atom is 0.353 e. The van der Waals surface area contributed by atoms with Gasteiger partial charge in [0.15, 0.2) is 0 Å². The smallest absolute Gasteiger partial charge is 0.348 e. The second-order valence-electron chi connectivity index (χ2n) is 6.01. The number of halogens is 1. The van der Waals surface area contributed by atoms with Crippen molar-refractivity contribution >= 4 is 34.6 Å². The standard InChI is InChI=1S/C17H20ClN5O2/c1-2-12-7-5-6-10-22(12)17-15(23(24)25)16(19-11-20-17)21-14-9-4-3-8-13(14)18/h3-4,8-9,11-12H,2,5-7,10H2,1H3,(H,19,20,21). The third-order valence-corrected chi connectivity index (χ3v) is 4.81. The number of nitro groups is 1. The molecule has 132 valence electrons. The Hall–Kier alpha value is -2.41. The molecule has 0 radical (unpaired) electrons. The molecule has 0 saturated carbocycles. The van der Waals surface area contributed by atoms with Crippen LogP contribution in [-0.2, 0) is 0 Å². The van der Waals surface area contributed by atoms with Crippen LogP contribution in [-0.4, -0.2) is 27.5 Å². The van der Waals surface area contributed by atoms with E-state index in [4.69, 9.17) is 11.6 Å². The predicted octanol–water partition coefficient (Wildman–Crippen LogP) is 4.55. The Morgan fingerprint density at radius 2 is 2.16 bits per heavy atom. The number of rotatable bonds is 5. The van der Waals surface area contributed by atoms with Crippen LogP contribution < -0.4 is 10.2 Å². The Labute approximate surface area is 151 Å². The summed E-state index contributed by atoms with van der Waals surface area (Å²) >= 11 is 6.15. The molecule has 0 amide bonds. The van der Waals surface area contributed by atoms with Crippen molar-refractivity contribution in [1.29, 1.82) is 0 Å². The van der Waals surface area contributed by atoms with Crippen molar-refractivity contribution in [1.82, 2.24) is 9.97 Å². The fourth-order valence-corrected chi connectivity index (χ4v) is 3.42. The molecule has 2 aromatic rings. The first-order valence-electron chi connectivity index (χ1n) is 8.39. The predicted molar refractivity (Wildman–Crippen MR) is 98.7 cm³/mol. The molecule has 0 aliphatic carbocycles. The molecule has 1 unspecified atom stereocenters. The summed E-state index contributed by atoms with van der Waals surface area (Å²) in [5.74, 6) is 0.532. The molecule has 3 rings (SSSR count). The fourth-order valence-electron chi connectivity index (χ4n) is 3.23. The van der Waals surface area contributed by atoms with Crippen LogP contribution in [0.2, 0.25) is 5.02 Å². The lowest BCUT2D eigenvalue weighted by atomic mass is 10.00. The van der Waals surface area contributed by atoms with Crippen molar-refractivity contribution in [3.63, 3.8) is 0 Å².